The Morgan fingerprint density at radius 3 is 0.695 bits per heavy atom. The number of benzene rings is 20. The Bertz CT molecular complexity index is 9080. The van der Waals surface area contributed by atoms with Gasteiger partial charge in [-0.05, 0) is 227 Å². The van der Waals surface area contributed by atoms with Gasteiger partial charge in [0.05, 0.1) is 50.0 Å². The lowest BCUT2D eigenvalue weighted by molar-refractivity contribution is 0.630. The molecule has 0 saturated carbocycles. The third-order valence-corrected chi connectivity index (χ3v) is 29.5. The monoisotopic (exact) mass is 1800 g/mol. The van der Waals surface area contributed by atoms with Crippen molar-refractivity contribution in [1.29, 1.82) is 0 Å². The van der Waals surface area contributed by atoms with Crippen molar-refractivity contribution in [2.24, 2.45) is 0 Å². The third kappa shape index (κ3) is 13.8. The van der Waals surface area contributed by atoms with Crippen LogP contribution in [0.3, 0.4) is 0 Å². The summed E-state index contributed by atoms with van der Waals surface area (Å²) in [6, 6.07) is 169. The van der Waals surface area contributed by atoms with Crippen LogP contribution in [0.15, 0.2) is 467 Å². The second kappa shape index (κ2) is 32.8. The van der Waals surface area contributed by atoms with Crippen LogP contribution in [0.4, 0.5) is 0 Å². The van der Waals surface area contributed by atoms with E-state index in [0.717, 1.165) is 77.9 Å². The fourth-order valence-electron chi connectivity index (χ4n) is 22.4. The molecule has 0 bridgehead atoms. The van der Waals surface area contributed by atoms with Crippen molar-refractivity contribution in [1.82, 2.24) is 43.4 Å². The molecule has 6 aromatic heterocycles. The first kappa shape index (κ1) is 82.3. The Labute approximate surface area is 816 Å². The van der Waals surface area contributed by atoms with Gasteiger partial charge >= 0.3 is 0 Å². The third-order valence-electron chi connectivity index (χ3n) is 29.5. The predicted octanol–water partition coefficient (Wildman–Crippen LogP) is 33.7. The van der Waals surface area contributed by atoms with Gasteiger partial charge in [0.2, 0.25) is 0 Å². The first-order valence-corrected chi connectivity index (χ1v) is 48.4. The molecule has 141 heavy (non-hydrogen) atoms. The van der Waals surface area contributed by atoms with E-state index >= 15 is 0 Å². The molecule has 0 atom stereocenters. The quantitative estimate of drug-likeness (QED) is 0.108. The molecule has 20 aromatic carbocycles. The van der Waals surface area contributed by atoms with Gasteiger partial charge in [0, 0.05) is 87.3 Å². The van der Waals surface area contributed by atoms with Crippen LogP contribution in [0.25, 0.3) is 250 Å². The molecular weight excluding hydrogens is 1710 g/mol. The van der Waals surface area contributed by atoms with Crippen LogP contribution < -0.4 is 0 Å². The summed E-state index contributed by atoms with van der Waals surface area (Å²) < 4.78 is 7.43. The Hall–Kier alpha value is -18.2. The topological polar surface area (TPSA) is 91.6 Å². The lowest BCUT2D eigenvalue weighted by Gasteiger charge is -2.35. The molecule has 0 fully saturated rings. The van der Waals surface area contributed by atoms with Gasteiger partial charge in [0.1, 0.15) is 0 Å². The molecule has 662 valence electrons. The number of fused-ring (bicyclic) bond motifs is 16. The Morgan fingerprint density at radius 2 is 0.362 bits per heavy atom. The van der Waals surface area contributed by atoms with Gasteiger partial charge in [-0.1, -0.05) is 380 Å². The van der Waals surface area contributed by atoms with Crippen LogP contribution in [-0.4, -0.2) is 43.4 Å². The van der Waals surface area contributed by atoms with E-state index < -0.39 is 0 Å². The van der Waals surface area contributed by atoms with Crippen LogP contribution in [0.1, 0.15) is 49.9 Å². The molecule has 0 N–H and O–H groups in total. The van der Waals surface area contributed by atoms with E-state index in [9.17, 15) is 0 Å². The molecule has 2 aliphatic heterocycles. The number of nitrogens with zero attached hydrogens (tertiary/aromatic N) is 9. The Kier molecular flexibility index (Phi) is 19.1. The van der Waals surface area contributed by atoms with Crippen molar-refractivity contribution < 1.29 is 0 Å². The van der Waals surface area contributed by atoms with Gasteiger partial charge in [-0.2, -0.15) is 0 Å². The van der Waals surface area contributed by atoms with Crippen molar-refractivity contribution in [3.05, 3.63) is 489 Å². The highest BCUT2D eigenvalue weighted by Gasteiger charge is 2.38. The smallest absolute Gasteiger partial charge is 0.164 e. The van der Waals surface area contributed by atoms with E-state index in [1.807, 2.05) is 97.1 Å². The minimum Gasteiger partial charge on any atom is -0.309 e. The molecular formula is C132H89N9. The normalized spacial score (nSPS) is 12.8. The van der Waals surface area contributed by atoms with E-state index in [4.69, 9.17) is 29.9 Å². The highest BCUT2D eigenvalue weighted by atomic mass is 15.1. The van der Waals surface area contributed by atoms with Crippen LogP contribution in [0.2, 0.25) is 0 Å². The molecule has 9 nitrogen and oxygen atoms in total. The summed E-state index contributed by atoms with van der Waals surface area (Å²) in [4.78, 5) is 29.8. The minimum atomic E-state index is -0.221. The Morgan fingerprint density at radius 1 is 0.149 bits per heavy atom. The van der Waals surface area contributed by atoms with Gasteiger partial charge in [-0.15, -0.1) is 0 Å². The average molecular weight is 1800 g/mol. The molecule has 8 heterocycles. The van der Waals surface area contributed by atoms with Crippen LogP contribution in [-0.2, 0) is 10.8 Å². The van der Waals surface area contributed by atoms with E-state index in [1.54, 1.807) is 0 Å². The van der Waals surface area contributed by atoms with Gasteiger partial charge < -0.3 is 13.5 Å². The summed E-state index contributed by atoms with van der Waals surface area (Å²) in [5.74, 6) is 3.87. The van der Waals surface area contributed by atoms with Gasteiger partial charge in [-0.25, -0.2) is 29.9 Å². The second-order valence-corrected chi connectivity index (χ2v) is 38.5. The summed E-state index contributed by atoms with van der Waals surface area (Å²) in [7, 11) is 0. The number of para-hydroxylation sites is 6. The molecule has 0 unspecified atom stereocenters. The maximum Gasteiger partial charge on any atom is 0.164 e. The summed E-state index contributed by atoms with van der Waals surface area (Å²) in [5, 5.41) is 10.2. The fraction of sp³-hybridized carbons (Fsp3) is 0.0455. The van der Waals surface area contributed by atoms with Gasteiger partial charge in [0.15, 0.2) is 34.9 Å². The summed E-state index contributed by atoms with van der Waals surface area (Å²) in [6.07, 6.45) is 0. The van der Waals surface area contributed by atoms with Crippen molar-refractivity contribution in [3.63, 3.8) is 0 Å². The van der Waals surface area contributed by atoms with Crippen molar-refractivity contribution in [2.75, 3.05) is 0 Å². The van der Waals surface area contributed by atoms with Crippen molar-refractivity contribution >= 4 is 81.7 Å². The standard InChI is InChI=1S/C81H57N5.C51H32N4/c1-80(2)67-31-13-17-35-73(67)85-71-33-15-11-29-63(71)65-46-61(48-69(80)75(65)85)56-27-19-25-54(41-56)59-43-58(50-37-39-53(40-38-50)79-83-77(51-21-7-5-8-22-51)82-78(84-79)52-23-9-6-10-24-52)44-60(45-59)55-26-20-28-57(42-55)62-47-66-64-30-12-16-34-72(64)86-74-36-18-14-32-68(74)81(3,4)70(49-62)76(66)86;1-3-13-34(14-4-1)49-52-50(35-15-5-2-6-16-35)54-51(53-49)36-27-25-33(26-28-36)37-17-11-18-38(29-37)39-19-12-20-40(30-39)41-31-44-42-21-7-9-23-46(42)55-47-24-10-8-22-43(47)45(32-41)48(44)55/h5-49H,1-4H3;1-32H. The van der Waals surface area contributed by atoms with Crippen molar-refractivity contribution in [2.45, 2.75) is 38.5 Å². The SMILES string of the molecule is CC1(C)c2ccccc2-n2c3ccccc3c3cc(-c4cccc(-c5cc(-c6ccc(-c7nc(-c8ccccc8)nc(-c8ccccc8)n7)cc6)cc(-c6cccc(-c7cc8c9c(c7)c7ccccc7n9-c7ccccc7C8(C)C)c6)c5)c4)cc1c32.c1ccc(-c2nc(-c3ccccc3)nc(-c3ccc(-c4cccc(-c5cccc(-c6cc7c8ccccc8n8c9ccccc9c(c6)c78)c5)c4)cc3)n2)cc1. The molecule has 0 saturated heterocycles. The molecule has 0 radical (unpaired) electrons. The van der Waals surface area contributed by atoms with E-state index in [0.29, 0.717) is 34.9 Å². The first-order valence-electron chi connectivity index (χ1n) is 48.4. The Balaban J connectivity index is 0.000000156. The van der Waals surface area contributed by atoms with Crippen LogP contribution in [0, 0.1) is 0 Å². The lowest BCUT2D eigenvalue weighted by Crippen LogP contribution is -2.26. The predicted molar refractivity (Wildman–Crippen MR) is 583 cm³/mol. The van der Waals surface area contributed by atoms with Crippen LogP contribution in [0.5, 0.6) is 0 Å². The highest BCUT2D eigenvalue weighted by molar-refractivity contribution is 6.25. The molecule has 26 aromatic rings. The molecule has 0 aliphatic carbocycles. The maximum atomic E-state index is 5.08. The zero-order valence-corrected chi connectivity index (χ0v) is 78.0. The van der Waals surface area contributed by atoms with E-state index in [1.165, 1.54) is 160 Å². The average Bonchev–Trinajstić information content (AvgIpc) is 1.56. The van der Waals surface area contributed by atoms with Crippen molar-refractivity contribution in [3.8, 4) is 169 Å². The zero-order chi connectivity index (χ0) is 93.7. The molecule has 0 amide bonds. The number of hydrogen-bond donors (Lipinski definition) is 0. The van der Waals surface area contributed by atoms with Gasteiger partial charge in [0.25, 0.3) is 0 Å². The van der Waals surface area contributed by atoms with Crippen LogP contribution >= 0.6 is 0 Å². The highest BCUT2D eigenvalue weighted by Crippen LogP contribution is 2.53. The molecule has 0 spiro atoms. The number of hydrogen-bond acceptors (Lipinski definition) is 6. The fourth-order valence-corrected chi connectivity index (χ4v) is 22.4. The lowest BCUT2D eigenvalue weighted by atomic mass is 9.74. The van der Waals surface area contributed by atoms with Gasteiger partial charge in [-0.3, -0.25) is 0 Å². The summed E-state index contributed by atoms with van der Waals surface area (Å²) >= 11 is 0. The van der Waals surface area contributed by atoms with E-state index in [2.05, 4.69) is 411 Å². The van der Waals surface area contributed by atoms with E-state index in [-0.39, 0.29) is 10.8 Å². The molecule has 2 aliphatic rings. The molecule has 9 heteroatoms. The first-order chi connectivity index (χ1) is 69.4. The second-order valence-electron chi connectivity index (χ2n) is 38.5. The minimum absolute atomic E-state index is 0.221. The summed E-state index contributed by atoms with van der Waals surface area (Å²) in [6.45, 7) is 9.55. The number of rotatable bonds is 14. The zero-order valence-electron chi connectivity index (χ0n) is 78.0. The molecule has 28 rings (SSSR count). The summed E-state index contributed by atoms with van der Waals surface area (Å²) in [5.41, 5.74) is 40.6. The number of aromatic nitrogens is 9. The largest absolute Gasteiger partial charge is 0.309 e. The maximum absolute atomic E-state index is 5.08.